The van der Waals surface area contributed by atoms with Crippen LogP contribution in [0.5, 0.6) is 17.4 Å². The highest BCUT2D eigenvalue weighted by Gasteiger charge is 2.29. The van der Waals surface area contributed by atoms with Crippen LogP contribution >= 0.6 is 11.6 Å². The van der Waals surface area contributed by atoms with Crippen molar-refractivity contribution in [3.05, 3.63) is 71.4 Å². The maximum atomic E-state index is 12.7. The molecule has 10 heteroatoms. The van der Waals surface area contributed by atoms with Crippen LogP contribution in [-0.2, 0) is 16.6 Å². The van der Waals surface area contributed by atoms with Crippen molar-refractivity contribution in [2.24, 2.45) is 4.99 Å². The van der Waals surface area contributed by atoms with Crippen LogP contribution in [0.25, 0.3) is 0 Å². The fourth-order valence-electron chi connectivity index (χ4n) is 2.88. The number of hydrogen-bond acceptors (Lipinski definition) is 6. The molecule has 8 nitrogen and oxygen atoms in total. The van der Waals surface area contributed by atoms with E-state index in [0.29, 0.717) is 28.0 Å². The van der Waals surface area contributed by atoms with E-state index in [9.17, 15) is 8.42 Å². The van der Waals surface area contributed by atoms with Gasteiger partial charge in [0.15, 0.2) is 5.75 Å². The zero-order chi connectivity index (χ0) is 21.1. The molecule has 3 aromatic rings. The number of anilines is 1. The predicted molar refractivity (Wildman–Crippen MR) is 114 cm³/mol. The summed E-state index contributed by atoms with van der Waals surface area (Å²) in [6, 6.07) is 15.2. The van der Waals surface area contributed by atoms with Crippen molar-refractivity contribution in [3.8, 4) is 17.4 Å². The van der Waals surface area contributed by atoms with Crippen molar-refractivity contribution >= 4 is 33.3 Å². The van der Waals surface area contributed by atoms with E-state index in [2.05, 4.69) is 20.0 Å². The van der Waals surface area contributed by atoms with Gasteiger partial charge in [-0.25, -0.2) is 23.1 Å². The van der Waals surface area contributed by atoms with Gasteiger partial charge in [-0.15, -0.1) is 0 Å². The number of rotatable bonds is 5. The summed E-state index contributed by atoms with van der Waals surface area (Å²) >= 11 is 6.17. The van der Waals surface area contributed by atoms with Gasteiger partial charge in [0.1, 0.15) is 16.3 Å². The number of benzene rings is 2. The van der Waals surface area contributed by atoms with Crippen molar-refractivity contribution < 1.29 is 17.9 Å². The molecule has 1 aliphatic rings. The van der Waals surface area contributed by atoms with Gasteiger partial charge < -0.3 is 14.8 Å². The zero-order valence-corrected chi connectivity index (χ0v) is 17.4. The van der Waals surface area contributed by atoms with Crippen molar-refractivity contribution in [1.29, 1.82) is 0 Å². The van der Waals surface area contributed by atoms with Gasteiger partial charge >= 0.3 is 0 Å². The Labute approximate surface area is 178 Å². The van der Waals surface area contributed by atoms with Gasteiger partial charge in [0.05, 0.1) is 18.7 Å². The van der Waals surface area contributed by atoms with Crippen LogP contribution in [0.15, 0.2) is 70.7 Å². The number of aliphatic imine (C=N–C) groups is 1. The fourth-order valence-corrected chi connectivity index (χ4v) is 4.21. The Balaban J connectivity index is 1.68. The van der Waals surface area contributed by atoms with Gasteiger partial charge in [-0.2, -0.15) is 0 Å². The normalized spacial score (nSPS) is 15.6. The second kappa shape index (κ2) is 8.21. The quantitative estimate of drug-likeness (QED) is 0.620. The number of ether oxygens (including phenoxy) is 2. The topological polar surface area (TPSA) is 102 Å². The molecule has 0 fully saturated rings. The summed E-state index contributed by atoms with van der Waals surface area (Å²) < 4.78 is 39.0. The van der Waals surface area contributed by atoms with Crippen molar-refractivity contribution in [2.45, 2.75) is 11.4 Å². The van der Waals surface area contributed by atoms with Crippen LogP contribution < -0.4 is 19.5 Å². The van der Waals surface area contributed by atoms with Gasteiger partial charge in [0.2, 0.25) is 11.8 Å². The standard InChI is InChI=1S/C20H17ClN4O4S/c1-28-19-13(6-5-11-22-19)12-23-20-24-18-16(29-15-8-3-2-7-14(15)21)9-4-10-17(18)30(26,27)25-20/h2-11H,12H2,1H3,(H2,23,24,25). The molecule has 0 aliphatic carbocycles. The molecule has 0 saturated heterocycles. The maximum absolute atomic E-state index is 12.7. The number of fused-ring (bicyclic) bond motifs is 1. The molecule has 0 saturated carbocycles. The van der Waals surface area contributed by atoms with Crippen LogP contribution in [-0.4, -0.2) is 26.5 Å². The molecule has 4 rings (SSSR count). The number of sulfonamides is 1. The number of pyridine rings is 1. The van der Waals surface area contributed by atoms with Gasteiger partial charge in [-0.3, -0.25) is 0 Å². The van der Waals surface area contributed by atoms with Gasteiger partial charge in [-0.1, -0.05) is 35.9 Å². The van der Waals surface area contributed by atoms with E-state index in [1.807, 2.05) is 0 Å². The highest BCUT2D eigenvalue weighted by atomic mass is 35.5. The summed E-state index contributed by atoms with van der Waals surface area (Å²) in [6.45, 7) is 0.157. The molecule has 1 aliphatic heterocycles. The third-order valence-electron chi connectivity index (χ3n) is 4.26. The Kier molecular flexibility index (Phi) is 5.47. The first-order valence-electron chi connectivity index (χ1n) is 8.85. The monoisotopic (exact) mass is 444 g/mol. The highest BCUT2D eigenvalue weighted by Crippen LogP contribution is 2.38. The second-order valence-electron chi connectivity index (χ2n) is 6.23. The lowest BCUT2D eigenvalue weighted by Crippen LogP contribution is -2.40. The van der Waals surface area contributed by atoms with Crippen LogP contribution in [0.3, 0.4) is 0 Å². The van der Waals surface area contributed by atoms with E-state index in [1.165, 1.54) is 13.2 Å². The number of methoxy groups -OCH3 is 1. The number of aromatic nitrogens is 1. The average Bonchev–Trinajstić information content (AvgIpc) is 2.74. The number of nitrogens with one attached hydrogen (secondary N) is 2. The van der Waals surface area contributed by atoms with E-state index >= 15 is 0 Å². The minimum Gasteiger partial charge on any atom is -0.481 e. The first-order valence-corrected chi connectivity index (χ1v) is 10.7. The van der Waals surface area contributed by atoms with Crippen LogP contribution in [0.4, 0.5) is 5.69 Å². The molecule has 0 radical (unpaired) electrons. The lowest BCUT2D eigenvalue weighted by molar-refractivity contribution is 0.392. The molecular weight excluding hydrogens is 428 g/mol. The Morgan fingerprint density at radius 2 is 1.87 bits per heavy atom. The number of para-hydroxylation sites is 2. The van der Waals surface area contributed by atoms with Crippen LogP contribution in [0.2, 0.25) is 5.02 Å². The van der Waals surface area contributed by atoms with Crippen molar-refractivity contribution in [1.82, 2.24) is 9.71 Å². The molecule has 0 unspecified atom stereocenters. The lowest BCUT2D eigenvalue weighted by Gasteiger charge is -2.23. The largest absolute Gasteiger partial charge is 0.481 e. The summed E-state index contributed by atoms with van der Waals surface area (Å²) in [5.74, 6) is 1.19. The molecule has 2 heterocycles. The first-order chi connectivity index (χ1) is 14.5. The molecule has 0 spiro atoms. The van der Waals surface area contributed by atoms with Gasteiger partial charge in [0.25, 0.3) is 10.0 Å². The zero-order valence-electron chi connectivity index (χ0n) is 15.8. The van der Waals surface area contributed by atoms with Crippen molar-refractivity contribution in [2.75, 3.05) is 12.4 Å². The SMILES string of the molecule is COc1ncccc1CN=C1Nc2c(Oc3ccccc3Cl)cccc2S(=O)(=O)N1. The molecule has 0 amide bonds. The van der Waals surface area contributed by atoms with E-state index < -0.39 is 10.0 Å². The number of guanidine groups is 1. The summed E-state index contributed by atoms with van der Waals surface area (Å²) in [5.41, 5.74) is 0.980. The van der Waals surface area contributed by atoms with E-state index in [0.717, 1.165) is 0 Å². The Morgan fingerprint density at radius 3 is 2.67 bits per heavy atom. The molecular formula is C20H17ClN4O4S. The summed E-state index contributed by atoms with van der Waals surface area (Å²) in [5, 5.41) is 3.41. The molecule has 1 aromatic heterocycles. The lowest BCUT2D eigenvalue weighted by atomic mass is 10.2. The van der Waals surface area contributed by atoms with Crippen molar-refractivity contribution in [3.63, 3.8) is 0 Å². The molecule has 2 aromatic carbocycles. The van der Waals surface area contributed by atoms with E-state index in [4.69, 9.17) is 21.1 Å². The molecule has 0 bridgehead atoms. The second-order valence-corrected chi connectivity index (χ2v) is 8.29. The number of hydrogen-bond donors (Lipinski definition) is 2. The summed E-state index contributed by atoms with van der Waals surface area (Å²) in [6.07, 6.45) is 1.60. The van der Waals surface area contributed by atoms with Gasteiger partial charge in [0, 0.05) is 11.8 Å². The minimum atomic E-state index is -3.84. The van der Waals surface area contributed by atoms with Crippen LogP contribution in [0, 0.1) is 0 Å². The minimum absolute atomic E-state index is 0.0463. The van der Waals surface area contributed by atoms with Gasteiger partial charge in [-0.05, 0) is 30.3 Å². The summed E-state index contributed by atoms with van der Waals surface area (Å²) in [4.78, 5) is 8.49. The number of halogens is 1. The van der Waals surface area contributed by atoms with Crippen LogP contribution in [0.1, 0.15) is 5.56 Å². The third kappa shape index (κ3) is 4.03. The van der Waals surface area contributed by atoms with E-state index in [-0.39, 0.29) is 23.1 Å². The highest BCUT2D eigenvalue weighted by molar-refractivity contribution is 7.90. The molecule has 2 N–H and O–H groups in total. The third-order valence-corrected chi connectivity index (χ3v) is 5.95. The average molecular weight is 445 g/mol. The molecule has 154 valence electrons. The molecule has 30 heavy (non-hydrogen) atoms. The predicted octanol–water partition coefficient (Wildman–Crippen LogP) is 3.80. The maximum Gasteiger partial charge on any atom is 0.266 e. The smallest absolute Gasteiger partial charge is 0.266 e. The molecule has 0 atom stereocenters. The van der Waals surface area contributed by atoms with E-state index in [1.54, 1.807) is 54.7 Å². The summed E-state index contributed by atoms with van der Waals surface area (Å²) in [7, 11) is -2.33. The Morgan fingerprint density at radius 1 is 1.07 bits per heavy atom. The Hall–Kier alpha value is -3.30. The first kappa shape index (κ1) is 20.0. The number of nitrogens with zero attached hydrogens (tertiary/aromatic N) is 2. The Bertz CT molecular complexity index is 1230. The fraction of sp³-hybridized carbons (Fsp3) is 0.100.